The minimum atomic E-state index is 0.701. The highest BCUT2D eigenvalue weighted by Crippen LogP contribution is 2.32. The van der Waals surface area contributed by atoms with E-state index in [-0.39, 0.29) is 0 Å². The number of fused-ring (bicyclic) bond motifs is 1. The summed E-state index contributed by atoms with van der Waals surface area (Å²) in [5.74, 6) is 0.764. The van der Waals surface area contributed by atoms with E-state index in [9.17, 15) is 0 Å². The summed E-state index contributed by atoms with van der Waals surface area (Å²) < 4.78 is 0. The molecule has 1 fully saturated rings. The standard InChI is InChI=1S/C17H26N2/c1-18-16-9-5-11-19(13-16)12-15-8-4-7-14-6-2-3-10-17(14)15/h2-3,6,10,15-16,18H,4-5,7-9,11-13H2,1H3. The van der Waals surface area contributed by atoms with Crippen molar-refractivity contribution in [3.05, 3.63) is 35.4 Å². The van der Waals surface area contributed by atoms with Gasteiger partial charge in [-0.3, -0.25) is 0 Å². The molecule has 1 saturated heterocycles. The molecule has 2 nitrogen and oxygen atoms in total. The molecule has 2 aliphatic rings. The fourth-order valence-electron chi connectivity index (χ4n) is 3.81. The number of nitrogens with one attached hydrogen (secondary N) is 1. The lowest BCUT2D eigenvalue weighted by atomic mass is 9.82. The molecule has 0 spiro atoms. The predicted molar refractivity (Wildman–Crippen MR) is 80.6 cm³/mol. The first-order valence-corrected chi connectivity index (χ1v) is 7.84. The molecule has 1 aliphatic heterocycles. The molecule has 19 heavy (non-hydrogen) atoms. The van der Waals surface area contributed by atoms with Crippen LogP contribution in [0.1, 0.15) is 42.7 Å². The van der Waals surface area contributed by atoms with E-state index < -0.39 is 0 Å². The zero-order chi connectivity index (χ0) is 13.1. The summed E-state index contributed by atoms with van der Waals surface area (Å²) in [6.45, 7) is 3.78. The van der Waals surface area contributed by atoms with Crippen molar-refractivity contribution in [3.8, 4) is 0 Å². The minimum Gasteiger partial charge on any atom is -0.316 e. The number of likely N-dealkylation sites (tertiary alicyclic amines) is 1. The lowest BCUT2D eigenvalue weighted by molar-refractivity contribution is 0.180. The van der Waals surface area contributed by atoms with Gasteiger partial charge in [0.2, 0.25) is 0 Å². The van der Waals surface area contributed by atoms with Gasteiger partial charge in [0.15, 0.2) is 0 Å². The number of aryl methyl sites for hydroxylation is 1. The maximum Gasteiger partial charge on any atom is 0.0192 e. The van der Waals surface area contributed by atoms with Gasteiger partial charge < -0.3 is 10.2 Å². The average Bonchev–Trinajstić information content (AvgIpc) is 2.48. The van der Waals surface area contributed by atoms with E-state index in [0.29, 0.717) is 6.04 Å². The third-order valence-electron chi connectivity index (χ3n) is 4.89. The number of piperidine rings is 1. The highest BCUT2D eigenvalue weighted by atomic mass is 15.2. The van der Waals surface area contributed by atoms with Gasteiger partial charge in [0.1, 0.15) is 0 Å². The second-order valence-corrected chi connectivity index (χ2v) is 6.18. The second-order valence-electron chi connectivity index (χ2n) is 6.18. The third-order valence-corrected chi connectivity index (χ3v) is 4.89. The van der Waals surface area contributed by atoms with Crippen LogP contribution in [0.2, 0.25) is 0 Å². The van der Waals surface area contributed by atoms with Crippen LogP contribution in [-0.2, 0) is 6.42 Å². The van der Waals surface area contributed by atoms with E-state index in [1.165, 1.54) is 51.7 Å². The highest BCUT2D eigenvalue weighted by molar-refractivity contribution is 5.32. The summed E-state index contributed by atoms with van der Waals surface area (Å²) in [6.07, 6.45) is 6.71. The average molecular weight is 258 g/mol. The van der Waals surface area contributed by atoms with E-state index in [1.54, 1.807) is 11.1 Å². The van der Waals surface area contributed by atoms with Gasteiger partial charge in [0.05, 0.1) is 0 Å². The summed E-state index contributed by atoms with van der Waals surface area (Å²) in [5, 5.41) is 3.45. The third kappa shape index (κ3) is 3.01. The van der Waals surface area contributed by atoms with Crippen LogP contribution in [0.4, 0.5) is 0 Å². The predicted octanol–water partition coefficient (Wildman–Crippen LogP) is 2.79. The lowest BCUT2D eigenvalue weighted by Crippen LogP contribution is -2.45. The van der Waals surface area contributed by atoms with Gasteiger partial charge in [-0.05, 0) is 62.7 Å². The first-order valence-electron chi connectivity index (χ1n) is 7.84. The summed E-state index contributed by atoms with van der Waals surface area (Å²) in [7, 11) is 2.10. The van der Waals surface area contributed by atoms with Crippen LogP contribution >= 0.6 is 0 Å². The highest BCUT2D eigenvalue weighted by Gasteiger charge is 2.25. The lowest BCUT2D eigenvalue weighted by Gasteiger charge is -2.36. The van der Waals surface area contributed by atoms with Crippen LogP contribution in [0.15, 0.2) is 24.3 Å². The van der Waals surface area contributed by atoms with E-state index in [0.717, 1.165) is 5.92 Å². The Kier molecular flexibility index (Phi) is 4.19. The van der Waals surface area contributed by atoms with E-state index in [1.807, 2.05) is 0 Å². The molecule has 2 heteroatoms. The van der Waals surface area contributed by atoms with E-state index >= 15 is 0 Å². The largest absolute Gasteiger partial charge is 0.316 e. The maximum atomic E-state index is 3.45. The number of nitrogens with zero attached hydrogens (tertiary/aromatic N) is 1. The monoisotopic (exact) mass is 258 g/mol. The molecule has 0 radical (unpaired) electrons. The molecule has 1 heterocycles. The Morgan fingerprint density at radius 1 is 1.21 bits per heavy atom. The normalized spacial score (nSPS) is 28.1. The first-order chi connectivity index (χ1) is 9.36. The van der Waals surface area contributed by atoms with Crippen LogP contribution in [0.5, 0.6) is 0 Å². The Hall–Kier alpha value is -0.860. The summed E-state index contributed by atoms with van der Waals surface area (Å²) in [5.41, 5.74) is 3.22. The Morgan fingerprint density at radius 3 is 3.00 bits per heavy atom. The zero-order valence-electron chi connectivity index (χ0n) is 12.1. The van der Waals surface area contributed by atoms with Crippen LogP contribution in [0, 0.1) is 0 Å². The number of hydrogen-bond donors (Lipinski definition) is 1. The quantitative estimate of drug-likeness (QED) is 0.897. The number of benzene rings is 1. The number of likely N-dealkylation sites (N-methyl/N-ethyl adjacent to an activating group) is 1. The molecule has 0 amide bonds. The van der Waals surface area contributed by atoms with Gasteiger partial charge in [0, 0.05) is 19.1 Å². The molecule has 1 N–H and O–H groups in total. The van der Waals surface area contributed by atoms with Gasteiger partial charge in [0.25, 0.3) is 0 Å². The van der Waals surface area contributed by atoms with Crippen molar-refractivity contribution in [2.45, 2.75) is 44.1 Å². The Balaban J connectivity index is 1.67. The zero-order valence-corrected chi connectivity index (χ0v) is 12.1. The number of hydrogen-bond acceptors (Lipinski definition) is 2. The molecular formula is C17H26N2. The SMILES string of the molecule is CNC1CCCN(CC2CCCc3ccccc32)C1. The van der Waals surface area contributed by atoms with Crippen LogP contribution in [-0.4, -0.2) is 37.6 Å². The van der Waals surface area contributed by atoms with Crippen molar-refractivity contribution in [2.24, 2.45) is 0 Å². The summed E-state index contributed by atoms with van der Waals surface area (Å²) in [6, 6.07) is 9.79. The van der Waals surface area contributed by atoms with Gasteiger partial charge in [-0.25, -0.2) is 0 Å². The van der Waals surface area contributed by atoms with Crippen LogP contribution in [0.3, 0.4) is 0 Å². The van der Waals surface area contributed by atoms with E-state index in [4.69, 9.17) is 0 Å². The van der Waals surface area contributed by atoms with Crippen molar-refractivity contribution < 1.29 is 0 Å². The van der Waals surface area contributed by atoms with E-state index in [2.05, 4.69) is 41.5 Å². The molecule has 1 aromatic carbocycles. The summed E-state index contributed by atoms with van der Waals surface area (Å²) >= 11 is 0. The Morgan fingerprint density at radius 2 is 2.11 bits per heavy atom. The Bertz CT molecular complexity index is 415. The second kappa shape index (κ2) is 6.06. The molecule has 1 aromatic rings. The maximum absolute atomic E-state index is 3.45. The van der Waals surface area contributed by atoms with Gasteiger partial charge in [-0.2, -0.15) is 0 Å². The van der Waals surface area contributed by atoms with Crippen molar-refractivity contribution >= 4 is 0 Å². The first kappa shape index (κ1) is 13.1. The van der Waals surface area contributed by atoms with Crippen molar-refractivity contribution in [1.82, 2.24) is 10.2 Å². The molecule has 3 rings (SSSR count). The molecular weight excluding hydrogens is 232 g/mol. The minimum absolute atomic E-state index is 0.701. The fraction of sp³-hybridized carbons (Fsp3) is 0.647. The molecule has 104 valence electrons. The molecule has 0 aromatic heterocycles. The Labute approximate surface area is 117 Å². The smallest absolute Gasteiger partial charge is 0.0192 e. The van der Waals surface area contributed by atoms with Gasteiger partial charge >= 0.3 is 0 Å². The molecule has 0 bridgehead atoms. The molecule has 0 saturated carbocycles. The topological polar surface area (TPSA) is 15.3 Å². The molecule has 2 unspecified atom stereocenters. The fourth-order valence-corrected chi connectivity index (χ4v) is 3.81. The van der Waals surface area contributed by atoms with Crippen molar-refractivity contribution in [3.63, 3.8) is 0 Å². The molecule has 2 atom stereocenters. The van der Waals surface area contributed by atoms with Crippen LogP contribution in [0.25, 0.3) is 0 Å². The van der Waals surface area contributed by atoms with Gasteiger partial charge in [-0.1, -0.05) is 24.3 Å². The van der Waals surface area contributed by atoms with Crippen molar-refractivity contribution in [1.29, 1.82) is 0 Å². The molecule has 1 aliphatic carbocycles. The van der Waals surface area contributed by atoms with Crippen molar-refractivity contribution in [2.75, 3.05) is 26.7 Å². The van der Waals surface area contributed by atoms with Crippen LogP contribution < -0.4 is 5.32 Å². The van der Waals surface area contributed by atoms with Gasteiger partial charge in [-0.15, -0.1) is 0 Å². The summed E-state index contributed by atoms with van der Waals surface area (Å²) in [4.78, 5) is 2.68. The number of rotatable bonds is 3.